The minimum absolute atomic E-state index is 0.0592. The molecule has 0 N–H and O–H groups in total. The van der Waals surface area contributed by atoms with Crippen LogP contribution in [0.4, 0.5) is 0 Å². The fraction of sp³-hybridized carbons (Fsp3) is 0.200. The molecule has 0 spiro atoms. The first-order valence-corrected chi connectivity index (χ1v) is 9.54. The van der Waals surface area contributed by atoms with E-state index in [4.69, 9.17) is 0 Å². The molecule has 0 amide bonds. The molecular formula is C20H18N4O2S. The largest absolute Gasteiger partial charge is 0.299 e. The molecule has 6 nitrogen and oxygen atoms in total. The van der Waals surface area contributed by atoms with E-state index in [0.717, 1.165) is 22.3 Å². The number of carbonyl (C=O) groups is 1. The lowest BCUT2D eigenvalue weighted by Gasteiger charge is -2.13. The normalized spacial score (nSPS) is 11.4. The van der Waals surface area contributed by atoms with Gasteiger partial charge in [-0.3, -0.25) is 14.0 Å². The molecule has 136 valence electrons. The summed E-state index contributed by atoms with van der Waals surface area (Å²) in [5.41, 5.74) is 3.41. The molecule has 0 saturated carbocycles. The smallest absolute Gasteiger partial charge is 0.267 e. The number of aromatic nitrogens is 4. The highest BCUT2D eigenvalue weighted by atomic mass is 32.2. The highest BCUT2D eigenvalue weighted by Crippen LogP contribution is 2.24. The Hall–Kier alpha value is -2.93. The maximum absolute atomic E-state index is 13.3. The van der Waals surface area contributed by atoms with Crippen molar-refractivity contribution in [2.75, 3.05) is 5.75 Å². The van der Waals surface area contributed by atoms with Crippen LogP contribution in [0.5, 0.6) is 0 Å². The summed E-state index contributed by atoms with van der Waals surface area (Å²) >= 11 is 1.32. The second-order valence-corrected chi connectivity index (χ2v) is 7.50. The first-order valence-electron chi connectivity index (χ1n) is 8.56. The van der Waals surface area contributed by atoms with Crippen molar-refractivity contribution in [3.63, 3.8) is 0 Å². The van der Waals surface area contributed by atoms with E-state index in [9.17, 15) is 9.59 Å². The van der Waals surface area contributed by atoms with Crippen molar-refractivity contribution in [2.24, 2.45) is 0 Å². The molecule has 27 heavy (non-hydrogen) atoms. The van der Waals surface area contributed by atoms with Crippen LogP contribution in [0, 0.1) is 13.8 Å². The average Bonchev–Trinajstić information content (AvgIpc) is 3.07. The number of hydrogen-bond donors (Lipinski definition) is 0. The molecule has 2 heterocycles. The van der Waals surface area contributed by atoms with E-state index in [1.54, 1.807) is 17.6 Å². The van der Waals surface area contributed by atoms with Gasteiger partial charge in [0.1, 0.15) is 5.78 Å². The van der Waals surface area contributed by atoms with E-state index in [2.05, 4.69) is 10.2 Å². The first kappa shape index (κ1) is 17.5. The molecule has 4 rings (SSSR count). The minimum Gasteiger partial charge on any atom is -0.299 e. The summed E-state index contributed by atoms with van der Waals surface area (Å²) in [6, 6.07) is 13.4. The molecule has 0 aliphatic heterocycles. The third kappa shape index (κ3) is 2.94. The van der Waals surface area contributed by atoms with Gasteiger partial charge in [0.05, 0.1) is 22.3 Å². The summed E-state index contributed by atoms with van der Waals surface area (Å²) in [4.78, 5) is 24.7. The predicted molar refractivity (Wildman–Crippen MR) is 107 cm³/mol. The molecule has 0 saturated heterocycles. The lowest BCUT2D eigenvalue weighted by molar-refractivity contribution is -0.114. The van der Waals surface area contributed by atoms with E-state index < -0.39 is 0 Å². The summed E-state index contributed by atoms with van der Waals surface area (Å²) in [6.07, 6.45) is 0. The molecule has 7 heteroatoms. The standard InChI is InChI=1S/C20H18N4O2S/c1-12-8-9-13(2)17(10-12)23-18(26)15-6-4-5-7-16(15)24-19(23)21-22-20(24)27-11-14(3)25/h4-10H,11H2,1-3H3. The number of aryl methyl sites for hydroxylation is 2. The van der Waals surface area contributed by atoms with Gasteiger partial charge >= 0.3 is 0 Å². The maximum Gasteiger partial charge on any atom is 0.267 e. The van der Waals surface area contributed by atoms with E-state index in [-0.39, 0.29) is 11.3 Å². The van der Waals surface area contributed by atoms with E-state index in [1.165, 1.54) is 11.8 Å². The minimum atomic E-state index is -0.137. The fourth-order valence-corrected chi connectivity index (χ4v) is 3.86. The number of hydrogen-bond acceptors (Lipinski definition) is 5. The molecule has 0 radical (unpaired) electrons. The van der Waals surface area contributed by atoms with Gasteiger partial charge in [0.15, 0.2) is 5.16 Å². The van der Waals surface area contributed by atoms with Crippen LogP contribution in [0.2, 0.25) is 0 Å². The summed E-state index contributed by atoms with van der Waals surface area (Å²) < 4.78 is 3.46. The van der Waals surface area contributed by atoms with Crippen molar-refractivity contribution in [3.05, 3.63) is 63.9 Å². The third-order valence-electron chi connectivity index (χ3n) is 4.40. The van der Waals surface area contributed by atoms with Crippen molar-refractivity contribution >= 4 is 34.2 Å². The van der Waals surface area contributed by atoms with E-state index >= 15 is 0 Å². The highest BCUT2D eigenvalue weighted by Gasteiger charge is 2.19. The summed E-state index contributed by atoms with van der Waals surface area (Å²) in [5, 5.41) is 9.73. The molecule has 4 aromatic rings. The third-order valence-corrected chi connectivity index (χ3v) is 5.48. The quantitative estimate of drug-likeness (QED) is 0.510. The lowest BCUT2D eigenvalue weighted by atomic mass is 10.1. The van der Waals surface area contributed by atoms with Gasteiger partial charge in [0.2, 0.25) is 5.78 Å². The molecule has 0 unspecified atom stereocenters. The molecule has 0 fully saturated rings. The van der Waals surface area contributed by atoms with Crippen LogP contribution in [-0.4, -0.2) is 30.7 Å². The van der Waals surface area contributed by atoms with Gasteiger partial charge in [0, 0.05) is 0 Å². The maximum atomic E-state index is 13.3. The number of benzene rings is 2. The van der Waals surface area contributed by atoms with E-state index in [1.807, 2.05) is 54.6 Å². The zero-order chi connectivity index (χ0) is 19.1. The Labute approximate surface area is 159 Å². The van der Waals surface area contributed by atoms with E-state index in [0.29, 0.717) is 22.1 Å². The van der Waals surface area contributed by atoms with Gasteiger partial charge in [-0.2, -0.15) is 0 Å². The Balaban J connectivity index is 2.12. The van der Waals surface area contributed by atoms with Gasteiger partial charge in [-0.05, 0) is 50.1 Å². The number of ketones is 1. The van der Waals surface area contributed by atoms with Gasteiger partial charge in [-0.1, -0.05) is 36.0 Å². The van der Waals surface area contributed by atoms with Crippen LogP contribution in [0.1, 0.15) is 18.1 Å². The van der Waals surface area contributed by atoms with Crippen molar-refractivity contribution < 1.29 is 4.79 Å². The summed E-state index contributed by atoms with van der Waals surface area (Å²) in [5.74, 6) is 0.805. The Morgan fingerprint density at radius 3 is 2.67 bits per heavy atom. The van der Waals surface area contributed by atoms with Gasteiger partial charge in [0.25, 0.3) is 5.56 Å². The van der Waals surface area contributed by atoms with Crippen molar-refractivity contribution in [3.8, 4) is 5.69 Å². The second-order valence-electron chi connectivity index (χ2n) is 6.56. The van der Waals surface area contributed by atoms with Crippen LogP contribution < -0.4 is 5.56 Å². The number of rotatable bonds is 4. The zero-order valence-electron chi connectivity index (χ0n) is 15.3. The molecule has 0 aliphatic carbocycles. The van der Waals surface area contributed by atoms with Crippen molar-refractivity contribution in [1.29, 1.82) is 0 Å². The molecular weight excluding hydrogens is 360 g/mol. The molecule has 0 atom stereocenters. The van der Waals surface area contributed by atoms with Crippen molar-refractivity contribution in [2.45, 2.75) is 25.9 Å². The average molecular weight is 378 g/mol. The molecule has 0 aliphatic rings. The molecule has 2 aromatic heterocycles. The van der Waals surface area contributed by atoms with Gasteiger partial charge in [-0.25, -0.2) is 4.57 Å². The van der Waals surface area contributed by atoms with Crippen LogP contribution in [0.15, 0.2) is 52.4 Å². The lowest BCUT2D eigenvalue weighted by Crippen LogP contribution is -2.22. The highest BCUT2D eigenvalue weighted by molar-refractivity contribution is 7.99. The molecule has 0 bridgehead atoms. The molecule has 2 aromatic carbocycles. The fourth-order valence-electron chi connectivity index (χ4n) is 3.12. The Bertz CT molecular complexity index is 1260. The number of thioether (sulfide) groups is 1. The monoisotopic (exact) mass is 378 g/mol. The van der Waals surface area contributed by atoms with Crippen molar-refractivity contribution in [1.82, 2.24) is 19.2 Å². The van der Waals surface area contributed by atoms with Crippen LogP contribution in [0.3, 0.4) is 0 Å². The number of fused-ring (bicyclic) bond motifs is 3. The number of para-hydroxylation sites is 1. The topological polar surface area (TPSA) is 69.3 Å². The Morgan fingerprint density at radius 1 is 1.11 bits per heavy atom. The SMILES string of the molecule is CC(=O)CSc1nnc2n(-c3cc(C)ccc3C)c(=O)c3ccccc3n12. The number of Topliss-reactive ketones (excluding diaryl/α,β-unsaturated/α-hetero) is 1. The van der Waals surface area contributed by atoms with Gasteiger partial charge in [-0.15, -0.1) is 10.2 Å². The summed E-state index contributed by atoms with van der Waals surface area (Å²) in [6.45, 7) is 5.50. The van der Waals surface area contributed by atoms with Crippen LogP contribution >= 0.6 is 11.8 Å². The zero-order valence-corrected chi connectivity index (χ0v) is 16.1. The van der Waals surface area contributed by atoms with Crippen LogP contribution in [0.25, 0.3) is 22.4 Å². The Morgan fingerprint density at radius 2 is 1.89 bits per heavy atom. The van der Waals surface area contributed by atoms with Crippen LogP contribution in [-0.2, 0) is 4.79 Å². The predicted octanol–water partition coefficient (Wildman–Crippen LogP) is 3.33. The number of nitrogens with zero attached hydrogens (tertiary/aromatic N) is 4. The van der Waals surface area contributed by atoms with Gasteiger partial charge < -0.3 is 0 Å². The number of carbonyl (C=O) groups excluding carboxylic acids is 1. The second kappa shape index (κ2) is 6.66. The Kier molecular flexibility index (Phi) is 4.31. The first-order chi connectivity index (χ1) is 13.0. The summed E-state index contributed by atoms with van der Waals surface area (Å²) in [7, 11) is 0.